The summed E-state index contributed by atoms with van der Waals surface area (Å²) < 4.78 is 0. The molecule has 16 heavy (non-hydrogen) atoms. The third-order valence-electron chi connectivity index (χ3n) is 2.42. The molecule has 0 aliphatic rings. The van der Waals surface area contributed by atoms with E-state index in [0.29, 0.717) is 13.1 Å². The van der Waals surface area contributed by atoms with Crippen LogP contribution in [0.15, 0.2) is 24.5 Å². The molecule has 0 saturated carbocycles. The average Bonchev–Trinajstić information content (AvgIpc) is 2.26. The van der Waals surface area contributed by atoms with Crippen molar-refractivity contribution in [3.63, 3.8) is 0 Å². The van der Waals surface area contributed by atoms with E-state index in [1.807, 2.05) is 37.3 Å². The van der Waals surface area contributed by atoms with Crippen LogP contribution in [0, 0.1) is 0 Å². The number of rotatable bonds is 6. The number of pyridine rings is 1. The smallest absolute Gasteiger partial charge is 0.0791 e. The first kappa shape index (κ1) is 13.1. The molecule has 90 valence electrons. The number of nitrogens with zero attached hydrogens (tertiary/aromatic N) is 2. The number of aliphatic hydroxyl groups is 1. The molecule has 2 atom stereocenters. The van der Waals surface area contributed by atoms with Gasteiger partial charge in [0.15, 0.2) is 0 Å². The maximum Gasteiger partial charge on any atom is 0.0791 e. The van der Waals surface area contributed by atoms with Crippen LogP contribution < -0.4 is 5.32 Å². The van der Waals surface area contributed by atoms with E-state index in [4.69, 9.17) is 0 Å². The highest BCUT2D eigenvalue weighted by atomic mass is 16.3. The fourth-order valence-electron chi connectivity index (χ4n) is 1.55. The Bertz CT molecular complexity index is 290. The normalized spacial score (nSPS) is 15.1. The summed E-state index contributed by atoms with van der Waals surface area (Å²) in [5.74, 6) is 0. The monoisotopic (exact) mass is 223 g/mol. The molecule has 1 heterocycles. The van der Waals surface area contributed by atoms with Gasteiger partial charge in [0, 0.05) is 31.5 Å². The lowest BCUT2D eigenvalue weighted by Crippen LogP contribution is -2.36. The number of aliphatic hydroxyl groups excluding tert-OH is 1. The molecule has 4 heteroatoms. The van der Waals surface area contributed by atoms with Gasteiger partial charge in [-0.1, -0.05) is 6.07 Å². The predicted molar refractivity (Wildman–Crippen MR) is 65.2 cm³/mol. The van der Waals surface area contributed by atoms with Crippen LogP contribution in [0.5, 0.6) is 0 Å². The molecule has 0 radical (unpaired) electrons. The fraction of sp³-hybridized carbons (Fsp3) is 0.583. The Morgan fingerprint density at radius 3 is 2.81 bits per heavy atom. The van der Waals surface area contributed by atoms with E-state index in [1.54, 1.807) is 6.20 Å². The van der Waals surface area contributed by atoms with E-state index in [0.717, 1.165) is 5.56 Å². The quantitative estimate of drug-likeness (QED) is 0.743. The van der Waals surface area contributed by atoms with E-state index in [9.17, 15) is 5.11 Å². The summed E-state index contributed by atoms with van der Waals surface area (Å²) in [6, 6.07) is 4.16. The van der Waals surface area contributed by atoms with E-state index >= 15 is 0 Å². The first-order chi connectivity index (χ1) is 7.59. The second-order valence-electron chi connectivity index (χ2n) is 4.33. The Morgan fingerprint density at radius 2 is 2.25 bits per heavy atom. The molecular formula is C12H21N3O. The predicted octanol–water partition coefficient (Wildman–Crippen LogP) is 0.655. The van der Waals surface area contributed by atoms with Crippen molar-refractivity contribution < 1.29 is 5.11 Å². The summed E-state index contributed by atoms with van der Waals surface area (Å²) in [7, 11) is 3.90. The van der Waals surface area contributed by atoms with E-state index in [2.05, 4.69) is 17.2 Å². The molecule has 0 aliphatic heterocycles. The highest BCUT2D eigenvalue weighted by Crippen LogP contribution is 2.09. The van der Waals surface area contributed by atoms with E-state index < -0.39 is 0 Å². The molecule has 1 unspecified atom stereocenters. The van der Waals surface area contributed by atoms with Crippen LogP contribution in [0.4, 0.5) is 0 Å². The molecule has 1 rings (SSSR count). The van der Waals surface area contributed by atoms with Gasteiger partial charge in [-0.25, -0.2) is 0 Å². The van der Waals surface area contributed by atoms with Crippen LogP contribution in [0.2, 0.25) is 0 Å². The van der Waals surface area contributed by atoms with Gasteiger partial charge in [-0.2, -0.15) is 0 Å². The molecule has 0 bridgehead atoms. The van der Waals surface area contributed by atoms with Crippen molar-refractivity contribution in [1.82, 2.24) is 15.2 Å². The highest BCUT2D eigenvalue weighted by Gasteiger charge is 2.09. The molecule has 0 aliphatic carbocycles. The molecule has 0 fully saturated rings. The minimum absolute atomic E-state index is 0.213. The van der Waals surface area contributed by atoms with Crippen molar-refractivity contribution in [3.05, 3.63) is 30.1 Å². The van der Waals surface area contributed by atoms with Gasteiger partial charge < -0.3 is 15.3 Å². The zero-order chi connectivity index (χ0) is 12.0. The van der Waals surface area contributed by atoms with Crippen LogP contribution in [-0.4, -0.2) is 48.3 Å². The number of aromatic nitrogens is 1. The standard InChI is InChI=1S/C12H21N3O/c1-10(11-5-4-6-13-7-11)14-8-12(16)9-15(2)3/h4-7,10,12,14,16H,8-9H2,1-3H3/t10-,12?/m0/s1. The Hall–Kier alpha value is -0.970. The Morgan fingerprint density at radius 1 is 1.50 bits per heavy atom. The molecule has 0 aromatic carbocycles. The van der Waals surface area contributed by atoms with Gasteiger partial charge in [0.2, 0.25) is 0 Å². The second-order valence-corrected chi connectivity index (χ2v) is 4.33. The van der Waals surface area contributed by atoms with Gasteiger partial charge >= 0.3 is 0 Å². The summed E-state index contributed by atoms with van der Waals surface area (Å²) in [5, 5.41) is 13.0. The third kappa shape index (κ3) is 4.70. The topological polar surface area (TPSA) is 48.4 Å². The Balaban J connectivity index is 2.33. The van der Waals surface area contributed by atoms with Crippen molar-refractivity contribution >= 4 is 0 Å². The van der Waals surface area contributed by atoms with Gasteiger partial charge in [-0.3, -0.25) is 4.98 Å². The summed E-state index contributed by atoms with van der Waals surface area (Å²) in [5.41, 5.74) is 1.14. The van der Waals surface area contributed by atoms with Gasteiger partial charge in [-0.15, -0.1) is 0 Å². The first-order valence-electron chi connectivity index (χ1n) is 5.55. The minimum atomic E-state index is -0.339. The minimum Gasteiger partial charge on any atom is -0.390 e. The molecule has 1 aromatic heterocycles. The maximum atomic E-state index is 9.70. The van der Waals surface area contributed by atoms with Gasteiger partial charge in [0.25, 0.3) is 0 Å². The molecule has 0 saturated heterocycles. The fourth-order valence-corrected chi connectivity index (χ4v) is 1.55. The summed E-state index contributed by atoms with van der Waals surface area (Å²) >= 11 is 0. The first-order valence-corrected chi connectivity index (χ1v) is 5.55. The lowest BCUT2D eigenvalue weighted by molar-refractivity contribution is 0.132. The number of nitrogens with one attached hydrogen (secondary N) is 1. The van der Waals surface area contributed by atoms with E-state index in [1.165, 1.54) is 0 Å². The lowest BCUT2D eigenvalue weighted by atomic mass is 10.1. The molecule has 0 amide bonds. The SMILES string of the molecule is C[C@H](NCC(O)CN(C)C)c1cccnc1. The average molecular weight is 223 g/mol. The lowest BCUT2D eigenvalue weighted by Gasteiger charge is -2.19. The molecule has 1 aromatic rings. The maximum absolute atomic E-state index is 9.70. The van der Waals surface area contributed by atoms with Gasteiger partial charge in [-0.05, 0) is 32.6 Å². The summed E-state index contributed by atoms with van der Waals surface area (Å²) in [6.07, 6.45) is 3.27. The van der Waals surface area contributed by atoms with Crippen LogP contribution in [0.1, 0.15) is 18.5 Å². The van der Waals surface area contributed by atoms with Crippen LogP contribution in [0.3, 0.4) is 0 Å². The number of hydrogen-bond donors (Lipinski definition) is 2. The Labute approximate surface area is 97.3 Å². The van der Waals surface area contributed by atoms with Crippen LogP contribution in [-0.2, 0) is 0 Å². The molecule has 2 N–H and O–H groups in total. The van der Waals surface area contributed by atoms with Crippen LogP contribution in [0.25, 0.3) is 0 Å². The second kappa shape index (κ2) is 6.58. The number of likely N-dealkylation sites (N-methyl/N-ethyl adjacent to an activating group) is 1. The Kier molecular flexibility index (Phi) is 5.38. The van der Waals surface area contributed by atoms with Crippen LogP contribution >= 0.6 is 0 Å². The van der Waals surface area contributed by atoms with Crippen molar-refractivity contribution in [2.24, 2.45) is 0 Å². The van der Waals surface area contributed by atoms with Crippen molar-refractivity contribution in [2.45, 2.75) is 19.1 Å². The largest absolute Gasteiger partial charge is 0.390 e. The van der Waals surface area contributed by atoms with E-state index in [-0.39, 0.29) is 12.1 Å². The van der Waals surface area contributed by atoms with Crippen molar-refractivity contribution in [1.29, 1.82) is 0 Å². The zero-order valence-electron chi connectivity index (χ0n) is 10.2. The van der Waals surface area contributed by atoms with Gasteiger partial charge in [0.1, 0.15) is 0 Å². The highest BCUT2D eigenvalue weighted by molar-refractivity contribution is 5.12. The summed E-state index contributed by atoms with van der Waals surface area (Å²) in [6.45, 7) is 3.33. The summed E-state index contributed by atoms with van der Waals surface area (Å²) in [4.78, 5) is 6.04. The number of hydrogen-bond acceptors (Lipinski definition) is 4. The van der Waals surface area contributed by atoms with Gasteiger partial charge in [0.05, 0.1) is 6.10 Å². The van der Waals surface area contributed by atoms with Crippen molar-refractivity contribution in [2.75, 3.05) is 27.2 Å². The molecular weight excluding hydrogens is 202 g/mol. The van der Waals surface area contributed by atoms with Crippen molar-refractivity contribution in [3.8, 4) is 0 Å². The molecule has 4 nitrogen and oxygen atoms in total. The zero-order valence-corrected chi connectivity index (χ0v) is 10.2. The third-order valence-corrected chi connectivity index (χ3v) is 2.42. The molecule has 0 spiro atoms.